The number of carbonyl (C=O) groups excluding carboxylic acids is 12. The first kappa shape index (κ1) is 147. The smallest absolute Gasteiger partial charge is 0.550 e. The molecule has 0 aromatic heterocycles. The average Bonchev–Trinajstić information content (AvgIpc) is 0.768. The molecule has 30 rings (SSSR count). The molecular weight excluding hydrogens is 2070 g/mol. The zero-order valence-electron chi connectivity index (χ0n) is 75.5. The van der Waals surface area contributed by atoms with Gasteiger partial charge in [-0.3, -0.25) is 0 Å². The van der Waals surface area contributed by atoms with E-state index in [2.05, 4.69) is 27.7 Å². The van der Waals surface area contributed by atoms with Gasteiger partial charge in [0.1, 0.15) is 146 Å². The van der Waals surface area contributed by atoms with E-state index in [9.17, 15) is 121 Å². The summed E-state index contributed by atoms with van der Waals surface area (Å²) < 4.78 is 100. The summed E-state index contributed by atoms with van der Waals surface area (Å²) in [5.41, 5.74) is 0. The van der Waals surface area contributed by atoms with Gasteiger partial charge in [0.15, 0.2) is 50.3 Å². The molecular formula is C72H104Na8O48S8. The van der Waals surface area contributed by atoms with Gasteiger partial charge in [-0.25, -0.2) is 0 Å². The van der Waals surface area contributed by atoms with Gasteiger partial charge in [0.25, 0.3) is 0 Å². The Morgan fingerprint density at radius 3 is 0.404 bits per heavy atom. The normalized spacial score (nSPS) is 38.4. The Balaban J connectivity index is -0.00000413. The number of carboxylic acid groups (broad SMARTS) is 4. The van der Waals surface area contributed by atoms with E-state index in [0.29, 0.717) is 0 Å². The summed E-state index contributed by atoms with van der Waals surface area (Å²) in [6, 6.07) is 0. The number of aliphatic carboxylic acids is 4. The molecule has 64 heteroatoms. The third-order valence-corrected chi connectivity index (χ3v) is 27.7. The number of hydrogen-bond donors (Lipinski definition) is 16. The summed E-state index contributed by atoms with van der Waals surface area (Å²) in [7, 11) is 0. The van der Waals surface area contributed by atoms with Crippen LogP contribution in [0.2, 0.25) is 0 Å². The molecule has 30 aliphatic rings. The minimum Gasteiger partial charge on any atom is -0.550 e. The van der Waals surface area contributed by atoms with Crippen LogP contribution in [0, 0.1) is 27.7 Å². The van der Waals surface area contributed by atoms with Crippen LogP contribution < -0.4 is 257 Å². The molecule has 0 aliphatic carbocycles. The quantitative estimate of drug-likeness (QED) is 0.0169. The number of aliphatic hydroxyl groups excluding tert-OH is 16. The fourth-order valence-electron chi connectivity index (χ4n) is 14.0. The van der Waals surface area contributed by atoms with Crippen LogP contribution in [-0.4, -0.2) is 468 Å². The Morgan fingerprint density at radius 2 is 0.309 bits per heavy atom. The van der Waals surface area contributed by atoms with E-state index in [1.807, 2.05) is 0 Å². The molecule has 136 heavy (non-hydrogen) atoms. The molecule has 736 valence electrons. The van der Waals surface area contributed by atoms with Crippen LogP contribution >= 0.6 is 94.1 Å². The third-order valence-electron chi connectivity index (χ3n) is 20.1. The van der Waals surface area contributed by atoms with Crippen molar-refractivity contribution in [1.82, 2.24) is 0 Å². The topological polar surface area (TPSA) is 768 Å². The Hall–Kier alpha value is 4.92. The minimum atomic E-state index is -2.28. The van der Waals surface area contributed by atoms with Crippen LogP contribution in [0.15, 0.2) is 0 Å². The van der Waals surface area contributed by atoms with Gasteiger partial charge < -0.3 is 225 Å². The van der Waals surface area contributed by atoms with Gasteiger partial charge >= 0.3 is 261 Å². The molecule has 16 N–H and O–H groups in total. The first-order valence-electron chi connectivity index (χ1n) is 38.9. The van der Waals surface area contributed by atoms with Gasteiger partial charge in [0.2, 0.25) is 0 Å². The second kappa shape index (κ2) is 79.0. The van der Waals surface area contributed by atoms with Crippen molar-refractivity contribution in [2.24, 2.45) is 0 Å². The molecule has 16 bridgehead atoms. The van der Waals surface area contributed by atoms with Gasteiger partial charge in [-0.2, -0.15) is 132 Å². The van der Waals surface area contributed by atoms with E-state index in [0.717, 1.165) is 94.1 Å². The average molecular weight is 2180 g/mol. The van der Waals surface area contributed by atoms with E-state index in [-0.39, 0.29) is 353 Å². The van der Waals surface area contributed by atoms with Crippen LogP contribution in [0.1, 0.15) is 25.7 Å². The number of thioether (sulfide) groups is 8. The molecule has 0 radical (unpaired) electrons. The van der Waals surface area contributed by atoms with Gasteiger partial charge in [-0.15, -0.1) is 23.0 Å². The Kier molecular flexibility index (Phi) is 85.4. The third kappa shape index (κ3) is 45.5. The van der Waals surface area contributed by atoms with Crippen molar-refractivity contribution < 1.29 is 472 Å². The van der Waals surface area contributed by atoms with E-state index < -0.39 is 295 Å². The molecule has 30 fully saturated rings. The molecule has 0 aromatic rings. The molecule has 30 aliphatic heterocycles. The Labute approximate surface area is 992 Å². The molecule has 16 unspecified atom stereocenters. The first-order chi connectivity index (χ1) is 61.0. The monoisotopic (exact) mass is 2180 g/mol. The molecule has 30 saturated heterocycles. The molecule has 0 aromatic carbocycles. The van der Waals surface area contributed by atoms with E-state index >= 15 is 0 Å². The summed E-state index contributed by atoms with van der Waals surface area (Å²) in [5, 5.41) is 240. The van der Waals surface area contributed by atoms with E-state index in [4.69, 9.17) is 114 Å². The largest absolute Gasteiger partial charge is 1.00 e. The predicted molar refractivity (Wildman–Crippen MR) is 423 cm³/mol. The van der Waals surface area contributed by atoms with Crippen molar-refractivity contribution in [3.63, 3.8) is 0 Å². The second-order valence-electron chi connectivity index (χ2n) is 28.4. The number of hydrogen-bond acceptors (Lipinski definition) is 56. The van der Waals surface area contributed by atoms with Crippen molar-refractivity contribution in [3.8, 4) is 0 Å². The number of rotatable bonds is 32. The number of carboxylic acids is 4. The predicted octanol–water partition coefficient (Wildman–Crippen LogP) is -37.9. The Bertz CT molecular complexity index is 3320. The van der Waals surface area contributed by atoms with Gasteiger partial charge in [-0.05, 0) is 48.7 Å². The summed E-state index contributed by atoms with van der Waals surface area (Å²) in [6.45, 7) is 15.4. The molecule has 0 amide bonds. The van der Waals surface area contributed by atoms with E-state index in [1.165, 1.54) is 0 Å². The first-order valence-corrected chi connectivity index (χ1v) is 48.1. The fraction of sp³-hybridized carbons (Fsp3) is 0.833. The minimum absolute atomic E-state index is 0. The number of ether oxygens (including phenoxy) is 16. The SMILES string of the molecule is O=C=O.O=C=O.O=C=O.O=C=O.[CH2-]CSCC1O[C@H]2O[C@@H]3C(CSCCC(=O)[O-])O[C@@H](O[C@H]4C(CSCCC(=O)[O-])O[C@H](O[C@@H]5C(CSCCC(=O)[O-])O[C@H](O[C@@H]6C(CSCCC(=O)[O-])O[C@@H](O[C@@H]7C(CSC[CH2-])O[C@@H](O[C@H]8C(CSC[CH2-])O[C@@H](O[C@@H]9C(CSC[CH2-])O[C@H](O[C@H]1[C@H](O)C2O)C(O)[C@H]9O)C(O)[C@H]8O)C(O)[C@H]7O)C(O)[C@H]6O)C(O)[C@H]5O)C(O)[C@H]4O)C(O)[C@H]3O.[Na+].[Na+].[Na+].[Na+].[Na+].[Na+].[Na+].[Na+]. The van der Waals surface area contributed by atoms with Crippen LogP contribution in [0.4, 0.5) is 0 Å². The van der Waals surface area contributed by atoms with Crippen molar-refractivity contribution in [2.75, 3.05) is 92.0 Å². The van der Waals surface area contributed by atoms with Crippen LogP contribution in [-0.2, 0) is 133 Å². The molecule has 48 nitrogen and oxygen atoms in total. The summed E-state index contributed by atoms with van der Waals surface area (Å²) in [4.78, 5) is 111. The molecule has 40 atom stereocenters. The van der Waals surface area contributed by atoms with Crippen molar-refractivity contribution in [2.45, 2.75) is 271 Å². The molecule has 0 saturated carbocycles. The van der Waals surface area contributed by atoms with Gasteiger partial charge in [0, 0.05) is 69.9 Å². The summed E-state index contributed by atoms with van der Waals surface area (Å²) in [5.74, 6) is -7.50. The van der Waals surface area contributed by atoms with E-state index in [1.54, 1.807) is 0 Å². The molecule has 30 heterocycles. The molecule has 0 spiro atoms. The summed E-state index contributed by atoms with van der Waals surface area (Å²) in [6.07, 6.45) is -77.2. The summed E-state index contributed by atoms with van der Waals surface area (Å²) >= 11 is 8.17. The van der Waals surface area contributed by atoms with Crippen LogP contribution in [0.25, 0.3) is 0 Å². The van der Waals surface area contributed by atoms with Gasteiger partial charge in [-0.1, -0.05) is 0 Å². The zero-order valence-corrected chi connectivity index (χ0v) is 98.1. The zero-order chi connectivity index (χ0) is 95.3. The Morgan fingerprint density at radius 1 is 0.206 bits per heavy atom. The maximum atomic E-state index is 12.2. The maximum Gasteiger partial charge on any atom is 1.00 e. The maximum absolute atomic E-state index is 12.2. The van der Waals surface area contributed by atoms with Crippen molar-refractivity contribution in [3.05, 3.63) is 27.7 Å². The number of aliphatic hydroxyl groups is 16. The fourth-order valence-corrected chi connectivity index (χ4v) is 20.6. The van der Waals surface area contributed by atoms with Crippen molar-refractivity contribution in [1.29, 1.82) is 0 Å². The number of carbonyl (C=O) groups is 4. The van der Waals surface area contributed by atoms with Crippen molar-refractivity contribution >= 4 is 143 Å². The van der Waals surface area contributed by atoms with Gasteiger partial charge in [0.05, 0.1) is 48.8 Å². The second-order valence-corrected chi connectivity index (χ2v) is 37.6. The van der Waals surface area contributed by atoms with Crippen LogP contribution in [0.3, 0.4) is 0 Å². The van der Waals surface area contributed by atoms with Crippen LogP contribution in [0.5, 0.6) is 0 Å². The standard InChI is InChI=1S/C68H108O40S8.4CO2.8Na/c1-5-109-17-25-53-38(78)46(86)62(94-25)103-55-27(19-111-7-3)96-64(48(88)40(55)80)105-57-29(21-113-13-9-33(69)70)98-66(50(90)42(57)82)107-59-31(23-115-15-11-35(73)74)100-68(52(92)44(59)84)108-60-32(24-116-16-12-36(75)76)99-67(51(91)43(60)83)106-58-30(22-114-14-10-34(71)72)97-65(49(89)41(58)81)104-56-28(20-112-8-4)95-63(47(87)39(56)79)102-54-26(18-110-6-2)93-61(101-53)45(85)37(54)77;4*2-1-3;;;;;;;;/h25-32,37-68,77-92H,1-24H2,(H,69,70)(H,71,72)(H,73,74)(H,75,76);;;;;;;;;;;;/q-4;;;;;8*+1/p-4/t25?,26?,27?,28?,29?,30?,31?,32?,37-,38-,39-,40-,41-,42-,43-,44-,45?,46?,47?,48?,49?,50?,51?,52?,53-,54+,55-,56-,57-,58-,59+,60-,61+,62-,63+,64+,65+,66+,67-,68-;;;;;;;;;;;;/m1............/s1.